The summed E-state index contributed by atoms with van der Waals surface area (Å²) in [6.07, 6.45) is 1.05. The fourth-order valence-corrected chi connectivity index (χ4v) is 1.77. The van der Waals surface area contributed by atoms with Crippen molar-refractivity contribution in [3.8, 4) is 17.6 Å². The molecule has 0 aliphatic carbocycles. The maximum atomic E-state index is 10.8. The van der Waals surface area contributed by atoms with Gasteiger partial charge in [-0.15, -0.1) is 0 Å². The van der Waals surface area contributed by atoms with Gasteiger partial charge < -0.3 is 25.4 Å². The molecule has 8 heteroatoms. The van der Waals surface area contributed by atoms with Crippen molar-refractivity contribution in [2.75, 3.05) is 12.8 Å². The van der Waals surface area contributed by atoms with Gasteiger partial charge in [0, 0.05) is 30.8 Å². The summed E-state index contributed by atoms with van der Waals surface area (Å²) in [6, 6.07) is 6.28. The predicted octanol–water partition coefficient (Wildman–Crippen LogP) is 1.68. The maximum absolute atomic E-state index is 10.8. The summed E-state index contributed by atoms with van der Waals surface area (Å²) >= 11 is 0. The zero-order valence-electron chi connectivity index (χ0n) is 12.6. The minimum absolute atomic E-state index is 0.169. The number of nitrogens with two attached hydrogens (primary N) is 1. The van der Waals surface area contributed by atoms with Gasteiger partial charge in [-0.2, -0.15) is 9.97 Å². The molecule has 0 spiro atoms. The van der Waals surface area contributed by atoms with Crippen LogP contribution in [0.1, 0.15) is 22.8 Å². The van der Waals surface area contributed by atoms with Gasteiger partial charge in [-0.05, 0) is 12.1 Å². The first-order valence-corrected chi connectivity index (χ1v) is 6.68. The first-order chi connectivity index (χ1) is 11.1. The zero-order valence-corrected chi connectivity index (χ0v) is 12.6. The van der Waals surface area contributed by atoms with E-state index in [1.165, 1.54) is 19.2 Å². The van der Waals surface area contributed by atoms with E-state index >= 15 is 0 Å². The molecule has 0 amide bonds. The van der Waals surface area contributed by atoms with Crippen LogP contribution in [0.2, 0.25) is 0 Å². The second kappa shape index (κ2) is 7.21. The molecule has 0 bridgehead atoms. The highest BCUT2D eigenvalue weighted by molar-refractivity contribution is 5.83. The molecule has 0 radical (unpaired) electrons. The number of ether oxygens (including phenoxy) is 3. The number of nitrogen functional groups attached to an aromatic ring is 1. The molecule has 2 rings (SSSR count). The second-order valence-electron chi connectivity index (χ2n) is 4.44. The number of rotatable bonds is 7. The zero-order chi connectivity index (χ0) is 16.8. The summed E-state index contributed by atoms with van der Waals surface area (Å²) in [7, 11) is 1.41. The van der Waals surface area contributed by atoms with Crippen molar-refractivity contribution in [2.24, 2.45) is 0 Å². The van der Waals surface area contributed by atoms with Crippen LogP contribution >= 0.6 is 0 Å². The molecule has 2 aromatic heterocycles. The molecule has 0 fully saturated rings. The third-order valence-electron chi connectivity index (χ3n) is 2.85. The van der Waals surface area contributed by atoms with E-state index in [0.717, 1.165) is 6.21 Å². The number of nitrogens with zero attached hydrogens (tertiary/aromatic N) is 2. The van der Waals surface area contributed by atoms with Gasteiger partial charge in [0.25, 0.3) is 0 Å². The molecule has 0 saturated heterocycles. The molecule has 1 unspecified atom stereocenters. The van der Waals surface area contributed by atoms with Crippen LogP contribution in [0.15, 0.2) is 24.3 Å². The lowest BCUT2D eigenvalue weighted by molar-refractivity contribution is 0.0148. The molecular formula is C15H16N4O4. The molecule has 0 aliphatic heterocycles. The molecule has 120 valence electrons. The Bertz CT molecular complexity index is 721. The van der Waals surface area contributed by atoms with Crippen LogP contribution < -0.4 is 19.9 Å². The fraction of sp³-hybridized carbons (Fsp3) is 0.200. The highest BCUT2D eigenvalue weighted by atomic mass is 16.7. The van der Waals surface area contributed by atoms with E-state index in [-0.39, 0.29) is 23.5 Å². The number of aldehydes is 1. The topological polar surface area (TPSA) is 120 Å². The first-order valence-electron chi connectivity index (χ1n) is 6.68. The molecule has 0 aliphatic rings. The minimum atomic E-state index is -0.702. The molecule has 0 saturated carbocycles. The van der Waals surface area contributed by atoms with Gasteiger partial charge in [0.1, 0.15) is 5.82 Å². The fourth-order valence-electron chi connectivity index (χ4n) is 1.77. The lowest BCUT2D eigenvalue weighted by Crippen LogP contribution is -2.21. The van der Waals surface area contributed by atoms with Gasteiger partial charge in [0.15, 0.2) is 6.29 Å². The Hall–Kier alpha value is -3.16. The average Bonchev–Trinajstić information content (AvgIpc) is 2.54. The SMILES string of the molecule is COc1nc(OC(C)Oc2ccc(C=N)c(N)n2)ccc1C=O. The van der Waals surface area contributed by atoms with E-state index < -0.39 is 6.29 Å². The molecule has 0 aromatic carbocycles. The van der Waals surface area contributed by atoms with Crippen molar-refractivity contribution >= 4 is 18.3 Å². The number of carbonyl (C=O) groups is 1. The van der Waals surface area contributed by atoms with Crippen LogP contribution in [0, 0.1) is 5.41 Å². The smallest absolute Gasteiger partial charge is 0.242 e. The van der Waals surface area contributed by atoms with E-state index in [2.05, 4.69) is 9.97 Å². The monoisotopic (exact) mass is 316 g/mol. The normalized spacial score (nSPS) is 11.4. The Kier molecular flexibility index (Phi) is 5.08. The van der Waals surface area contributed by atoms with Gasteiger partial charge in [-0.25, -0.2) is 0 Å². The van der Waals surface area contributed by atoms with Gasteiger partial charge in [0.2, 0.25) is 23.9 Å². The number of hydrogen-bond donors (Lipinski definition) is 2. The predicted molar refractivity (Wildman–Crippen MR) is 83.4 cm³/mol. The third-order valence-corrected chi connectivity index (χ3v) is 2.85. The van der Waals surface area contributed by atoms with Crippen molar-refractivity contribution in [3.63, 3.8) is 0 Å². The Morgan fingerprint density at radius 2 is 1.74 bits per heavy atom. The van der Waals surface area contributed by atoms with Crippen molar-refractivity contribution in [3.05, 3.63) is 35.4 Å². The van der Waals surface area contributed by atoms with Crippen molar-refractivity contribution in [1.82, 2.24) is 9.97 Å². The van der Waals surface area contributed by atoms with Crippen molar-refractivity contribution < 1.29 is 19.0 Å². The summed E-state index contributed by atoms with van der Waals surface area (Å²) in [4.78, 5) is 18.9. The van der Waals surface area contributed by atoms with Crippen LogP contribution in [0.4, 0.5) is 5.82 Å². The Balaban J connectivity index is 2.07. The molecule has 2 aromatic rings. The number of nitrogens with one attached hydrogen (secondary N) is 1. The van der Waals surface area contributed by atoms with Crippen molar-refractivity contribution in [1.29, 1.82) is 5.41 Å². The quantitative estimate of drug-likeness (QED) is 0.453. The molecule has 3 N–H and O–H groups in total. The summed E-state index contributed by atoms with van der Waals surface area (Å²) < 4.78 is 16.0. The molecule has 8 nitrogen and oxygen atoms in total. The van der Waals surface area contributed by atoms with Crippen LogP contribution in [0.3, 0.4) is 0 Å². The number of anilines is 1. The lowest BCUT2D eigenvalue weighted by atomic mass is 10.3. The Morgan fingerprint density at radius 3 is 2.26 bits per heavy atom. The number of pyridine rings is 2. The van der Waals surface area contributed by atoms with Crippen molar-refractivity contribution in [2.45, 2.75) is 13.2 Å². The maximum Gasteiger partial charge on any atom is 0.242 e. The lowest BCUT2D eigenvalue weighted by Gasteiger charge is -2.16. The molecule has 2 heterocycles. The van der Waals surface area contributed by atoms with Crippen LogP contribution in [0.25, 0.3) is 0 Å². The Morgan fingerprint density at radius 1 is 1.13 bits per heavy atom. The van der Waals surface area contributed by atoms with E-state index in [0.29, 0.717) is 17.4 Å². The Labute approximate surface area is 132 Å². The van der Waals surface area contributed by atoms with Gasteiger partial charge >= 0.3 is 0 Å². The summed E-state index contributed by atoms with van der Waals surface area (Å²) in [6.45, 7) is 1.66. The van der Waals surface area contributed by atoms with Gasteiger partial charge in [-0.1, -0.05) is 0 Å². The summed E-state index contributed by atoms with van der Waals surface area (Å²) in [5, 5.41) is 7.16. The number of carbonyl (C=O) groups excluding carboxylic acids is 1. The molecule has 1 atom stereocenters. The van der Waals surface area contributed by atoms with E-state index in [1.807, 2.05) is 0 Å². The first kappa shape index (κ1) is 16.2. The molecular weight excluding hydrogens is 300 g/mol. The highest BCUT2D eigenvalue weighted by Crippen LogP contribution is 2.20. The number of hydrogen-bond acceptors (Lipinski definition) is 8. The standard InChI is InChI=1S/C15H16N4O4/c1-9(22-12-5-3-10(7-16)14(17)18-12)23-13-6-4-11(8-20)15(19-13)21-2/h3-9,16H,1-2H3,(H2,17,18). The highest BCUT2D eigenvalue weighted by Gasteiger charge is 2.11. The number of aromatic nitrogens is 2. The largest absolute Gasteiger partial charge is 0.480 e. The minimum Gasteiger partial charge on any atom is -0.480 e. The molecule has 23 heavy (non-hydrogen) atoms. The number of methoxy groups -OCH3 is 1. The van der Waals surface area contributed by atoms with Crippen LogP contribution in [-0.2, 0) is 0 Å². The summed E-state index contributed by atoms with van der Waals surface area (Å²) in [5.41, 5.74) is 6.51. The average molecular weight is 316 g/mol. The second-order valence-corrected chi connectivity index (χ2v) is 4.44. The third kappa shape index (κ3) is 3.94. The van der Waals surface area contributed by atoms with Crippen LogP contribution in [0.5, 0.6) is 17.6 Å². The van der Waals surface area contributed by atoms with Crippen LogP contribution in [-0.4, -0.2) is 35.9 Å². The van der Waals surface area contributed by atoms with Gasteiger partial charge in [0.05, 0.1) is 12.7 Å². The summed E-state index contributed by atoms with van der Waals surface area (Å²) in [5.74, 6) is 0.864. The van der Waals surface area contributed by atoms with E-state index in [1.54, 1.807) is 19.1 Å². The van der Waals surface area contributed by atoms with E-state index in [4.69, 9.17) is 25.4 Å². The van der Waals surface area contributed by atoms with E-state index in [9.17, 15) is 4.79 Å². The van der Waals surface area contributed by atoms with Gasteiger partial charge in [-0.3, -0.25) is 4.79 Å².